The van der Waals surface area contributed by atoms with Crippen molar-refractivity contribution < 1.29 is 9.59 Å². The first-order chi connectivity index (χ1) is 9.28. The Bertz CT molecular complexity index is 519. The summed E-state index contributed by atoms with van der Waals surface area (Å²) in [5, 5.41) is 3.28. The van der Waals surface area contributed by atoms with Gasteiger partial charge >= 0.3 is 6.03 Å². The predicted molar refractivity (Wildman–Crippen MR) is 79.9 cm³/mol. The van der Waals surface area contributed by atoms with E-state index in [0.29, 0.717) is 17.1 Å². The van der Waals surface area contributed by atoms with Crippen molar-refractivity contribution in [1.82, 2.24) is 5.32 Å². The van der Waals surface area contributed by atoms with E-state index in [9.17, 15) is 9.59 Å². The molecule has 3 amide bonds. The number of para-hydroxylation sites is 1. The number of imide groups is 1. The van der Waals surface area contributed by atoms with Gasteiger partial charge in [0.25, 0.3) is 0 Å². The maximum Gasteiger partial charge on any atom is 0.329 e. The fourth-order valence-electron chi connectivity index (χ4n) is 2.44. The van der Waals surface area contributed by atoms with Crippen LogP contribution in [-0.4, -0.2) is 18.0 Å². The van der Waals surface area contributed by atoms with Gasteiger partial charge < -0.3 is 5.32 Å². The van der Waals surface area contributed by atoms with Crippen molar-refractivity contribution >= 4 is 29.2 Å². The third kappa shape index (κ3) is 3.31. The molecule has 1 saturated heterocycles. The number of rotatable bonds is 2. The largest absolute Gasteiger partial charge is 0.334 e. The van der Waals surface area contributed by atoms with Gasteiger partial charge in [0.1, 0.15) is 0 Å². The lowest BCUT2D eigenvalue weighted by molar-refractivity contribution is -0.119. The molecule has 0 spiro atoms. The van der Waals surface area contributed by atoms with E-state index in [1.807, 2.05) is 0 Å². The van der Waals surface area contributed by atoms with Crippen LogP contribution in [0.1, 0.15) is 33.6 Å². The number of halogens is 1. The van der Waals surface area contributed by atoms with E-state index in [1.54, 1.807) is 24.3 Å². The molecule has 1 aromatic carbocycles. The Kier molecular flexibility index (Phi) is 4.04. The van der Waals surface area contributed by atoms with Gasteiger partial charge in [0.05, 0.1) is 10.7 Å². The Labute approximate surface area is 124 Å². The molecule has 5 heteroatoms. The molecule has 0 radical (unpaired) electrons. The van der Waals surface area contributed by atoms with Gasteiger partial charge in [-0.1, -0.05) is 44.5 Å². The zero-order chi connectivity index (χ0) is 14.9. The summed E-state index contributed by atoms with van der Waals surface area (Å²) in [6, 6.07) is 6.34. The molecular weight excluding hydrogens is 276 g/mol. The minimum absolute atomic E-state index is 0.0603. The third-order valence-electron chi connectivity index (χ3n) is 3.15. The first kappa shape index (κ1) is 14.9. The van der Waals surface area contributed by atoms with E-state index in [-0.39, 0.29) is 17.4 Å². The highest BCUT2D eigenvalue weighted by Crippen LogP contribution is 2.30. The van der Waals surface area contributed by atoms with Crippen molar-refractivity contribution in [2.24, 2.45) is 5.41 Å². The topological polar surface area (TPSA) is 49.4 Å². The quantitative estimate of drug-likeness (QED) is 0.906. The molecular formula is C15H19ClN2O2. The van der Waals surface area contributed by atoms with Crippen molar-refractivity contribution in [3.63, 3.8) is 0 Å². The lowest BCUT2D eigenvalue weighted by Gasteiger charge is -2.34. The molecule has 1 heterocycles. The molecule has 0 saturated carbocycles. The van der Waals surface area contributed by atoms with Crippen molar-refractivity contribution in [3.05, 3.63) is 29.3 Å². The molecule has 2 rings (SSSR count). The molecule has 1 atom stereocenters. The smallest absolute Gasteiger partial charge is 0.329 e. The minimum Gasteiger partial charge on any atom is -0.334 e. The second-order valence-electron chi connectivity index (χ2n) is 6.30. The number of nitrogens with zero attached hydrogens (tertiary/aromatic N) is 1. The second kappa shape index (κ2) is 5.44. The molecule has 1 unspecified atom stereocenters. The summed E-state index contributed by atoms with van der Waals surface area (Å²) in [4.78, 5) is 25.6. The summed E-state index contributed by atoms with van der Waals surface area (Å²) in [5.74, 6) is -0.212. The molecule has 1 fully saturated rings. The number of amides is 3. The Balaban J connectivity index is 2.18. The lowest BCUT2D eigenvalue weighted by atomic mass is 9.86. The molecule has 1 N–H and O–H groups in total. The number of carbonyl (C=O) groups is 2. The van der Waals surface area contributed by atoms with E-state index in [4.69, 9.17) is 11.6 Å². The van der Waals surface area contributed by atoms with Gasteiger partial charge in [-0.3, -0.25) is 4.79 Å². The molecule has 0 bridgehead atoms. The van der Waals surface area contributed by atoms with Gasteiger partial charge in [-0.05, 0) is 24.0 Å². The third-order valence-corrected chi connectivity index (χ3v) is 3.47. The van der Waals surface area contributed by atoms with Gasteiger partial charge in [-0.15, -0.1) is 0 Å². The highest BCUT2D eigenvalue weighted by molar-refractivity contribution is 6.35. The number of urea groups is 1. The normalized spacial score (nSPS) is 20.0. The van der Waals surface area contributed by atoms with Crippen molar-refractivity contribution in [3.8, 4) is 0 Å². The predicted octanol–water partition coefficient (Wildman–Crippen LogP) is 3.59. The number of carbonyl (C=O) groups excluding carboxylic acids is 2. The first-order valence-corrected chi connectivity index (χ1v) is 7.04. The maximum atomic E-state index is 12.3. The van der Waals surface area contributed by atoms with Crippen molar-refractivity contribution in [2.45, 2.75) is 39.7 Å². The summed E-state index contributed by atoms with van der Waals surface area (Å²) in [6.45, 7) is 6.26. The van der Waals surface area contributed by atoms with Crippen LogP contribution in [0.25, 0.3) is 0 Å². The van der Waals surface area contributed by atoms with Crippen molar-refractivity contribution in [2.75, 3.05) is 4.90 Å². The van der Waals surface area contributed by atoms with Gasteiger partial charge in [0.15, 0.2) is 0 Å². The summed E-state index contributed by atoms with van der Waals surface area (Å²) < 4.78 is 0. The van der Waals surface area contributed by atoms with Crippen LogP contribution in [0.15, 0.2) is 24.3 Å². The Morgan fingerprint density at radius 2 is 1.95 bits per heavy atom. The molecule has 4 nitrogen and oxygen atoms in total. The highest BCUT2D eigenvalue weighted by Gasteiger charge is 2.35. The van der Waals surface area contributed by atoms with Crippen LogP contribution in [0.3, 0.4) is 0 Å². The van der Waals surface area contributed by atoms with Crippen LogP contribution >= 0.6 is 11.6 Å². The van der Waals surface area contributed by atoms with Crippen LogP contribution < -0.4 is 10.2 Å². The van der Waals surface area contributed by atoms with Crippen LogP contribution in [0.5, 0.6) is 0 Å². The monoisotopic (exact) mass is 294 g/mol. The number of hydrogen-bond acceptors (Lipinski definition) is 2. The fraction of sp³-hybridized carbons (Fsp3) is 0.467. The lowest BCUT2D eigenvalue weighted by Crippen LogP contribution is -2.55. The molecule has 1 aliphatic heterocycles. The fourth-order valence-corrected chi connectivity index (χ4v) is 2.66. The number of benzene rings is 1. The van der Waals surface area contributed by atoms with E-state index in [1.165, 1.54) is 0 Å². The molecule has 0 aromatic heterocycles. The number of hydrogen-bond donors (Lipinski definition) is 1. The Hall–Kier alpha value is -1.55. The summed E-state index contributed by atoms with van der Waals surface area (Å²) >= 11 is 6.06. The Morgan fingerprint density at radius 1 is 1.30 bits per heavy atom. The molecule has 1 aromatic rings. The standard InChI is InChI=1S/C15H19ClN2O2/c1-15(2,3)9-10-8-13(19)18(14(20)17-10)12-7-5-4-6-11(12)16/h4-7,10H,8-9H2,1-3H3,(H,17,20). The highest BCUT2D eigenvalue weighted by atomic mass is 35.5. The summed E-state index contributed by atoms with van der Waals surface area (Å²) in [6.07, 6.45) is 1.06. The summed E-state index contributed by atoms with van der Waals surface area (Å²) in [7, 11) is 0. The molecule has 20 heavy (non-hydrogen) atoms. The van der Waals surface area contributed by atoms with Gasteiger partial charge in [0, 0.05) is 12.5 Å². The van der Waals surface area contributed by atoms with Gasteiger partial charge in [0.2, 0.25) is 5.91 Å². The SMILES string of the molecule is CC(C)(C)CC1CC(=O)N(c2ccccc2Cl)C(=O)N1. The average Bonchev–Trinajstić information content (AvgIpc) is 2.28. The van der Waals surface area contributed by atoms with Crippen LogP contribution in [0.2, 0.25) is 5.02 Å². The van der Waals surface area contributed by atoms with E-state index in [2.05, 4.69) is 26.1 Å². The van der Waals surface area contributed by atoms with Gasteiger partial charge in [-0.25, -0.2) is 9.69 Å². The van der Waals surface area contributed by atoms with Gasteiger partial charge in [-0.2, -0.15) is 0 Å². The number of nitrogens with one attached hydrogen (secondary N) is 1. The molecule has 0 aliphatic carbocycles. The zero-order valence-electron chi connectivity index (χ0n) is 11.9. The average molecular weight is 295 g/mol. The molecule has 108 valence electrons. The summed E-state index contributed by atoms with van der Waals surface area (Å²) in [5.41, 5.74) is 0.496. The van der Waals surface area contributed by atoms with Crippen LogP contribution in [0.4, 0.5) is 10.5 Å². The molecule has 1 aliphatic rings. The van der Waals surface area contributed by atoms with E-state index in [0.717, 1.165) is 11.3 Å². The van der Waals surface area contributed by atoms with E-state index < -0.39 is 6.03 Å². The zero-order valence-corrected chi connectivity index (χ0v) is 12.7. The van der Waals surface area contributed by atoms with Crippen LogP contribution in [-0.2, 0) is 4.79 Å². The second-order valence-corrected chi connectivity index (χ2v) is 6.70. The Morgan fingerprint density at radius 3 is 2.50 bits per heavy atom. The number of anilines is 1. The first-order valence-electron chi connectivity index (χ1n) is 6.66. The minimum atomic E-state index is -0.399. The maximum absolute atomic E-state index is 12.3. The van der Waals surface area contributed by atoms with Crippen molar-refractivity contribution in [1.29, 1.82) is 0 Å². The van der Waals surface area contributed by atoms with Crippen LogP contribution in [0, 0.1) is 5.41 Å². The van der Waals surface area contributed by atoms with E-state index >= 15 is 0 Å².